The van der Waals surface area contributed by atoms with E-state index in [0.29, 0.717) is 22.4 Å². The smallest absolute Gasteiger partial charge is 0.233 e. The number of piperidine rings is 1. The first kappa shape index (κ1) is 24.1. The predicted molar refractivity (Wildman–Crippen MR) is 116 cm³/mol. The SMILES string of the molecule is CC(SCc1ncc(-c2ccc(Cl)cc2)o1)C(=O)NC1CCNCC1.Cl.Cl. The van der Waals surface area contributed by atoms with Crippen molar-refractivity contribution in [1.29, 1.82) is 0 Å². The van der Waals surface area contributed by atoms with Crippen molar-refractivity contribution < 1.29 is 9.21 Å². The van der Waals surface area contributed by atoms with Crippen molar-refractivity contribution in [3.8, 4) is 11.3 Å². The Morgan fingerprint density at radius 2 is 2.00 bits per heavy atom. The Hall–Kier alpha value is -0.920. The van der Waals surface area contributed by atoms with Crippen molar-refractivity contribution >= 4 is 54.1 Å². The van der Waals surface area contributed by atoms with Gasteiger partial charge in [0.25, 0.3) is 0 Å². The summed E-state index contributed by atoms with van der Waals surface area (Å²) in [6.45, 7) is 3.86. The molecule has 0 radical (unpaired) electrons. The third-order valence-corrected chi connectivity index (χ3v) is 5.57. The van der Waals surface area contributed by atoms with E-state index >= 15 is 0 Å². The van der Waals surface area contributed by atoms with Crippen LogP contribution in [0.1, 0.15) is 25.7 Å². The van der Waals surface area contributed by atoms with E-state index in [9.17, 15) is 4.79 Å². The van der Waals surface area contributed by atoms with Gasteiger partial charge in [0.15, 0.2) is 5.76 Å². The van der Waals surface area contributed by atoms with Crippen LogP contribution in [0, 0.1) is 0 Å². The second kappa shape index (κ2) is 11.8. The number of amides is 1. The highest BCUT2D eigenvalue weighted by atomic mass is 35.5. The number of nitrogens with zero attached hydrogens (tertiary/aromatic N) is 1. The molecule has 27 heavy (non-hydrogen) atoms. The Morgan fingerprint density at radius 1 is 1.33 bits per heavy atom. The Bertz CT molecular complexity index is 706. The van der Waals surface area contributed by atoms with Crippen LogP contribution >= 0.6 is 48.2 Å². The number of benzene rings is 1. The largest absolute Gasteiger partial charge is 0.440 e. The Morgan fingerprint density at radius 3 is 2.67 bits per heavy atom. The van der Waals surface area contributed by atoms with Crippen LogP contribution in [0.3, 0.4) is 0 Å². The number of halogens is 3. The highest BCUT2D eigenvalue weighted by molar-refractivity contribution is 7.99. The van der Waals surface area contributed by atoms with Gasteiger partial charge >= 0.3 is 0 Å². The van der Waals surface area contributed by atoms with E-state index in [2.05, 4.69) is 15.6 Å². The van der Waals surface area contributed by atoms with Gasteiger partial charge in [0.2, 0.25) is 11.8 Å². The topological polar surface area (TPSA) is 67.2 Å². The zero-order valence-electron chi connectivity index (χ0n) is 14.9. The van der Waals surface area contributed by atoms with Crippen molar-refractivity contribution in [2.24, 2.45) is 0 Å². The summed E-state index contributed by atoms with van der Waals surface area (Å²) >= 11 is 7.43. The number of carbonyl (C=O) groups is 1. The molecular formula is C18H24Cl3N3O2S. The molecule has 150 valence electrons. The second-order valence-electron chi connectivity index (χ2n) is 6.11. The molecule has 0 saturated carbocycles. The predicted octanol–water partition coefficient (Wildman–Crippen LogP) is 4.33. The lowest BCUT2D eigenvalue weighted by atomic mass is 10.1. The molecule has 0 bridgehead atoms. The lowest BCUT2D eigenvalue weighted by Crippen LogP contribution is -2.45. The fourth-order valence-electron chi connectivity index (χ4n) is 2.68. The number of nitrogens with one attached hydrogen (secondary N) is 2. The number of oxazole rings is 1. The number of hydrogen-bond donors (Lipinski definition) is 2. The van der Waals surface area contributed by atoms with E-state index in [0.717, 1.165) is 31.5 Å². The molecule has 1 fully saturated rings. The quantitative estimate of drug-likeness (QED) is 0.683. The minimum atomic E-state index is -0.138. The molecule has 2 heterocycles. The van der Waals surface area contributed by atoms with Gasteiger partial charge in [0.05, 0.1) is 17.2 Å². The minimum Gasteiger partial charge on any atom is -0.440 e. The molecule has 1 amide bonds. The molecule has 0 aliphatic carbocycles. The van der Waals surface area contributed by atoms with Crippen molar-refractivity contribution in [2.75, 3.05) is 13.1 Å². The van der Waals surface area contributed by atoms with E-state index < -0.39 is 0 Å². The van der Waals surface area contributed by atoms with Crippen LogP contribution in [0.25, 0.3) is 11.3 Å². The van der Waals surface area contributed by atoms with Crippen molar-refractivity contribution in [2.45, 2.75) is 36.8 Å². The molecule has 5 nitrogen and oxygen atoms in total. The first-order chi connectivity index (χ1) is 12.1. The molecule has 1 unspecified atom stereocenters. The number of rotatable bonds is 6. The molecule has 9 heteroatoms. The first-order valence-corrected chi connectivity index (χ1v) is 9.88. The van der Waals surface area contributed by atoms with Gasteiger partial charge in [-0.25, -0.2) is 4.98 Å². The summed E-state index contributed by atoms with van der Waals surface area (Å²) in [5.41, 5.74) is 0.935. The first-order valence-electron chi connectivity index (χ1n) is 8.45. The molecule has 3 rings (SSSR count). The normalized spacial score (nSPS) is 15.3. The minimum absolute atomic E-state index is 0. The monoisotopic (exact) mass is 451 g/mol. The van der Waals surface area contributed by atoms with Crippen LogP contribution in [0.2, 0.25) is 5.02 Å². The van der Waals surface area contributed by atoms with Crippen LogP contribution in [0.5, 0.6) is 0 Å². The number of thioether (sulfide) groups is 1. The maximum absolute atomic E-state index is 12.3. The van der Waals surface area contributed by atoms with Gasteiger partial charge in [-0.1, -0.05) is 11.6 Å². The summed E-state index contributed by atoms with van der Waals surface area (Å²) in [7, 11) is 0. The van der Waals surface area contributed by atoms with Gasteiger partial charge in [-0.05, 0) is 57.1 Å². The van der Waals surface area contributed by atoms with Crippen molar-refractivity contribution in [1.82, 2.24) is 15.6 Å². The Labute approximate surface area is 181 Å². The maximum atomic E-state index is 12.3. The molecule has 2 aromatic rings. The number of aromatic nitrogens is 1. The molecule has 1 saturated heterocycles. The standard InChI is InChI=1S/C18H22ClN3O2S.2ClH/c1-12(18(23)22-15-6-8-20-9-7-15)25-11-17-21-10-16(24-17)13-2-4-14(19)5-3-13;;/h2-5,10,12,15,20H,6-9,11H2,1H3,(H,22,23);2*1H. The van der Waals surface area contributed by atoms with Gasteiger partial charge in [0, 0.05) is 16.6 Å². The number of hydrogen-bond acceptors (Lipinski definition) is 5. The summed E-state index contributed by atoms with van der Waals surface area (Å²) in [4.78, 5) is 16.6. The molecule has 1 aliphatic heterocycles. The molecule has 1 aliphatic rings. The summed E-state index contributed by atoms with van der Waals surface area (Å²) in [5.74, 6) is 1.98. The van der Waals surface area contributed by atoms with E-state index in [-0.39, 0.29) is 42.0 Å². The molecule has 1 aromatic heterocycles. The van der Waals surface area contributed by atoms with E-state index in [1.807, 2.05) is 31.2 Å². The zero-order valence-corrected chi connectivity index (χ0v) is 18.1. The summed E-state index contributed by atoms with van der Waals surface area (Å²) in [6, 6.07) is 7.72. The molecular weight excluding hydrogens is 429 g/mol. The van der Waals surface area contributed by atoms with Gasteiger partial charge in [-0.2, -0.15) is 0 Å². The van der Waals surface area contributed by atoms with Crippen LogP contribution in [0.4, 0.5) is 0 Å². The fraction of sp³-hybridized carbons (Fsp3) is 0.444. The van der Waals surface area contributed by atoms with E-state index in [1.165, 1.54) is 11.8 Å². The average molecular weight is 453 g/mol. The fourth-order valence-corrected chi connectivity index (χ4v) is 3.55. The highest BCUT2D eigenvalue weighted by Gasteiger charge is 2.20. The summed E-state index contributed by atoms with van der Waals surface area (Å²) in [5, 5.41) is 6.98. The zero-order chi connectivity index (χ0) is 17.6. The lowest BCUT2D eigenvalue weighted by Gasteiger charge is -2.25. The third-order valence-electron chi connectivity index (χ3n) is 4.19. The van der Waals surface area contributed by atoms with Gasteiger partial charge < -0.3 is 15.1 Å². The van der Waals surface area contributed by atoms with Crippen molar-refractivity contribution in [3.05, 3.63) is 41.4 Å². The average Bonchev–Trinajstić information content (AvgIpc) is 3.10. The van der Waals surface area contributed by atoms with Gasteiger partial charge in [-0.3, -0.25) is 4.79 Å². The molecule has 0 spiro atoms. The second-order valence-corrected chi connectivity index (χ2v) is 7.88. The Kier molecular flexibility index (Phi) is 10.6. The summed E-state index contributed by atoms with van der Waals surface area (Å²) < 4.78 is 5.77. The maximum Gasteiger partial charge on any atom is 0.233 e. The molecule has 1 aromatic carbocycles. The lowest BCUT2D eigenvalue weighted by molar-refractivity contribution is -0.121. The van der Waals surface area contributed by atoms with Crippen LogP contribution in [-0.4, -0.2) is 35.3 Å². The van der Waals surface area contributed by atoms with Crippen LogP contribution in [0.15, 0.2) is 34.9 Å². The number of carbonyl (C=O) groups excluding carboxylic acids is 1. The Balaban J connectivity index is 0.00000182. The van der Waals surface area contributed by atoms with Crippen molar-refractivity contribution in [3.63, 3.8) is 0 Å². The molecule has 2 N–H and O–H groups in total. The molecule has 1 atom stereocenters. The van der Waals surface area contributed by atoms with E-state index in [1.54, 1.807) is 6.20 Å². The van der Waals surface area contributed by atoms with Crippen LogP contribution < -0.4 is 10.6 Å². The highest BCUT2D eigenvalue weighted by Crippen LogP contribution is 2.25. The van der Waals surface area contributed by atoms with E-state index in [4.69, 9.17) is 16.0 Å². The van der Waals surface area contributed by atoms with Gasteiger partial charge in [0.1, 0.15) is 0 Å². The summed E-state index contributed by atoms with van der Waals surface area (Å²) in [6.07, 6.45) is 3.69. The van der Waals surface area contributed by atoms with Gasteiger partial charge in [-0.15, -0.1) is 36.6 Å². The van der Waals surface area contributed by atoms with Crippen LogP contribution in [-0.2, 0) is 10.5 Å². The third kappa shape index (κ3) is 7.20.